The number of amides is 1. The molecule has 4 rings (SSSR count). The summed E-state index contributed by atoms with van der Waals surface area (Å²) in [6, 6.07) is 2.04. The normalized spacial score (nSPS) is 11.6. The predicted molar refractivity (Wildman–Crippen MR) is 103 cm³/mol. The van der Waals surface area contributed by atoms with Crippen molar-refractivity contribution in [2.24, 2.45) is 0 Å². The zero-order valence-corrected chi connectivity index (χ0v) is 16.9. The van der Waals surface area contributed by atoms with Gasteiger partial charge in [-0.3, -0.25) is 4.79 Å². The zero-order valence-electron chi connectivity index (χ0n) is 15.3. The number of carbonyl (C=O) groups excluding carboxylic acids is 1. The van der Waals surface area contributed by atoms with E-state index in [9.17, 15) is 22.4 Å². The molecule has 0 aliphatic carbocycles. The molecule has 0 fully saturated rings. The average molecular weight is 487 g/mol. The SMILES string of the molecule is O=C(Nc1cnc(-n2nccn2)c(Cl)c1)c1cnn(-c2ncc(F)cc2Cl)c1C(F)(F)F. The molecule has 0 atom stereocenters. The van der Waals surface area contributed by atoms with Gasteiger partial charge >= 0.3 is 6.18 Å². The number of aromatic nitrogens is 7. The highest BCUT2D eigenvalue weighted by Gasteiger charge is 2.41. The Morgan fingerprint density at radius 2 is 1.59 bits per heavy atom. The number of pyridine rings is 2. The predicted octanol–water partition coefficient (Wildman–Crippen LogP) is 3.96. The van der Waals surface area contributed by atoms with Gasteiger partial charge in [0.05, 0.1) is 52.3 Å². The Labute approximate surface area is 185 Å². The van der Waals surface area contributed by atoms with Crippen LogP contribution in [0.5, 0.6) is 0 Å². The maximum absolute atomic E-state index is 13.8. The number of carbonyl (C=O) groups is 1. The molecular weight excluding hydrogens is 479 g/mol. The van der Waals surface area contributed by atoms with Crippen LogP contribution < -0.4 is 5.32 Å². The van der Waals surface area contributed by atoms with Gasteiger partial charge in [0.25, 0.3) is 5.91 Å². The summed E-state index contributed by atoms with van der Waals surface area (Å²) in [5.74, 6) is -2.35. The van der Waals surface area contributed by atoms with Crippen LogP contribution >= 0.6 is 23.2 Å². The number of nitrogens with zero attached hydrogens (tertiary/aromatic N) is 7. The van der Waals surface area contributed by atoms with E-state index in [1.807, 2.05) is 0 Å². The summed E-state index contributed by atoms with van der Waals surface area (Å²) in [7, 11) is 0. The summed E-state index contributed by atoms with van der Waals surface area (Å²) < 4.78 is 54.9. The van der Waals surface area contributed by atoms with E-state index in [2.05, 4.69) is 30.6 Å². The third kappa shape index (κ3) is 4.11. The van der Waals surface area contributed by atoms with E-state index in [0.717, 1.165) is 10.9 Å². The molecule has 15 heteroatoms. The second kappa shape index (κ2) is 8.16. The number of hydrogen-bond acceptors (Lipinski definition) is 6. The number of alkyl halides is 3. The number of hydrogen-bond donors (Lipinski definition) is 1. The Balaban J connectivity index is 1.69. The molecule has 0 saturated heterocycles. The first kappa shape index (κ1) is 21.6. The van der Waals surface area contributed by atoms with Crippen LogP contribution in [0.15, 0.2) is 43.1 Å². The van der Waals surface area contributed by atoms with E-state index in [1.54, 1.807) is 0 Å². The lowest BCUT2D eigenvalue weighted by Gasteiger charge is -2.13. The van der Waals surface area contributed by atoms with Gasteiger partial charge < -0.3 is 5.32 Å². The van der Waals surface area contributed by atoms with Gasteiger partial charge in [-0.05, 0) is 12.1 Å². The van der Waals surface area contributed by atoms with Crippen LogP contribution in [-0.2, 0) is 6.18 Å². The smallest absolute Gasteiger partial charge is 0.320 e. The van der Waals surface area contributed by atoms with Crippen molar-refractivity contribution in [2.45, 2.75) is 6.18 Å². The van der Waals surface area contributed by atoms with Crippen LogP contribution in [0, 0.1) is 5.82 Å². The van der Waals surface area contributed by atoms with E-state index in [4.69, 9.17) is 23.2 Å². The second-order valence-corrected chi connectivity index (χ2v) is 6.89. The Morgan fingerprint density at radius 3 is 2.22 bits per heavy atom. The molecule has 164 valence electrons. The maximum atomic E-state index is 13.8. The van der Waals surface area contributed by atoms with Crippen molar-refractivity contribution >= 4 is 34.8 Å². The van der Waals surface area contributed by atoms with E-state index in [0.29, 0.717) is 17.1 Å². The Kier molecular flexibility index (Phi) is 5.52. The molecule has 0 radical (unpaired) electrons. The summed E-state index contributed by atoms with van der Waals surface area (Å²) in [5, 5.41) is 13.2. The van der Waals surface area contributed by atoms with Crippen LogP contribution in [0.1, 0.15) is 16.1 Å². The summed E-state index contributed by atoms with van der Waals surface area (Å²) in [5.41, 5.74) is -2.27. The highest BCUT2D eigenvalue weighted by molar-refractivity contribution is 6.32. The van der Waals surface area contributed by atoms with Crippen LogP contribution in [-0.4, -0.2) is 40.6 Å². The van der Waals surface area contributed by atoms with E-state index < -0.39 is 40.0 Å². The van der Waals surface area contributed by atoms with E-state index >= 15 is 0 Å². The maximum Gasteiger partial charge on any atom is 0.434 e. The molecule has 1 N–H and O–H groups in total. The van der Waals surface area contributed by atoms with Crippen LogP contribution in [0.4, 0.5) is 23.2 Å². The van der Waals surface area contributed by atoms with Crippen molar-refractivity contribution in [1.29, 1.82) is 0 Å². The van der Waals surface area contributed by atoms with Crippen molar-refractivity contribution in [1.82, 2.24) is 34.7 Å². The molecule has 9 nitrogen and oxygen atoms in total. The fourth-order valence-corrected chi connectivity index (χ4v) is 3.16. The lowest BCUT2D eigenvalue weighted by atomic mass is 10.2. The second-order valence-electron chi connectivity index (χ2n) is 6.08. The molecule has 1 amide bonds. The highest BCUT2D eigenvalue weighted by Crippen LogP contribution is 2.35. The molecule has 4 aromatic heterocycles. The molecule has 4 heterocycles. The Bertz CT molecular complexity index is 1310. The quantitative estimate of drug-likeness (QED) is 0.438. The van der Waals surface area contributed by atoms with Gasteiger partial charge in [-0.2, -0.15) is 28.5 Å². The molecule has 0 unspecified atom stereocenters. The largest absolute Gasteiger partial charge is 0.434 e. The summed E-state index contributed by atoms with van der Waals surface area (Å²) in [6.07, 6.45) is 0.300. The van der Waals surface area contributed by atoms with Gasteiger partial charge in [-0.25, -0.2) is 19.0 Å². The molecule has 0 aliphatic heterocycles. The van der Waals surface area contributed by atoms with Crippen LogP contribution in [0.2, 0.25) is 10.0 Å². The molecule has 0 saturated carbocycles. The minimum Gasteiger partial charge on any atom is -0.320 e. The Morgan fingerprint density at radius 1 is 0.938 bits per heavy atom. The number of rotatable bonds is 4. The zero-order chi connectivity index (χ0) is 23.0. The molecule has 0 spiro atoms. The van der Waals surface area contributed by atoms with Crippen molar-refractivity contribution in [3.05, 3.63) is 70.2 Å². The van der Waals surface area contributed by atoms with Crippen LogP contribution in [0.25, 0.3) is 11.6 Å². The van der Waals surface area contributed by atoms with Crippen molar-refractivity contribution in [3.63, 3.8) is 0 Å². The highest BCUT2D eigenvalue weighted by atomic mass is 35.5. The minimum absolute atomic E-state index is 0.00900. The first-order valence-electron chi connectivity index (χ1n) is 8.45. The van der Waals surface area contributed by atoms with Gasteiger partial charge in [0.1, 0.15) is 5.82 Å². The standard InChI is InChI=1S/C17H8Cl2F4N8O/c18-11-3-8(20)5-24-14(11)30-13(17(21,22)23)10(7-28-30)16(32)29-9-4-12(19)15(25-6-9)31-26-1-2-27-31/h1-7H,(H,29,32). The molecule has 0 aromatic carbocycles. The van der Waals surface area contributed by atoms with Crippen LogP contribution in [0.3, 0.4) is 0 Å². The van der Waals surface area contributed by atoms with Gasteiger partial charge in [0.15, 0.2) is 17.3 Å². The molecular formula is C17H8Cl2F4N8O. The van der Waals surface area contributed by atoms with Crippen molar-refractivity contribution in [3.8, 4) is 11.6 Å². The summed E-state index contributed by atoms with van der Waals surface area (Å²) in [4.78, 5) is 21.3. The van der Waals surface area contributed by atoms with Crippen molar-refractivity contribution < 1.29 is 22.4 Å². The number of halogens is 6. The number of anilines is 1. The van der Waals surface area contributed by atoms with Gasteiger partial charge in [0, 0.05) is 0 Å². The third-order valence-electron chi connectivity index (χ3n) is 3.96. The molecule has 0 aliphatic rings. The molecule has 4 aromatic rings. The molecule has 32 heavy (non-hydrogen) atoms. The topological polar surface area (TPSA) is 103 Å². The van der Waals surface area contributed by atoms with Gasteiger partial charge in [-0.15, -0.1) is 4.80 Å². The van der Waals surface area contributed by atoms with E-state index in [1.165, 1.54) is 24.7 Å². The average Bonchev–Trinajstić information content (AvgIpc) is 3.38. The lowest BCUT2D eigenvalue weighted by Crippen LogP contribution is -2.21. The monoisotopic (exact) mass is 486 g/mol. The summed E-state index contributed by atoms with van der Waals surface area (Å²) >= 11 is 11.9. The van der Waals surface area contributed by atoms with E-state index in [-0.39, 0.29) is 16.5 Å². The fourth-order valence-electron chi connectivity index (χ4n) is 2.68. The number of nitrogens with one attached hydrogen (secondary N) is 1. The molecule has 0 bridgehead atoms. The fraction of sp³-hybridized carbons (Fsp3) is 0.0588. The van der Waals surface area contributed by atoms with Gasteiger partial charge in [-0.1, -0.05) is 23.2 Å². The lowest BCUT2D eigenvalue weighted by molar-refractivity contribution is -0.143. The van der Waals surface area contributed by atoms with Gasteiger partial charge in [0.2, 0.25) is 0 Å². The Hall–Kier alpha value is -3.58. The third-order valence-corrected chi connectivity index (χ3v) is 4.52. The first-order valence-corrected chi connectivity index (χ1v) is 9.21. The first-order chi connectivity index (χ1) is 15.1. The minimum atomic E-state index is -5.02. The summed E-state index contributed by atoms with van der Waals surface area (Å²) in [6.45, 7) is 0. The van der Waals surface area contributed by atoms with Crippen molar-refractivity contribution in [2.75, 3.05) is 5.32 Å².